The second-order valence-electron chi connectivity index (χ2n) is 5.10. The summed E-state index contributed by atoms with van der Waals surface area (Å²) < 4.78 is 25.4. The van der Waals surface area contributed by atoms with Crippen LogP contribution in [0.4, 0.5) is 0 Å². The fraction of sp³-hybridized carbons (Fsp3) is 1.00. The third-order valence-electron chi connectivity index (χ3n) is 2.74. The first-order chi connectivity index (χ1) is 7.33. The molecule has 1 aliphatic rings. The van der Waals surface area contributed by atoms with E-state index in [0.717, 1.165) is 32.7 Å². The summed E-state index contributed by atoms with van der Waals surface area (Å²) in [5.74, 6) is 0. The first-order valence-corrected chi connectivity index (χ1v) is 7.23. The van der Waals surface area contributed by atoms with E-state index in [-0.39, 0.29) is 0 Å². The Balaban J connectivity index is 2.29. The van der Waals surface area contributed by atoms with E-state index >= 15 is 0 Å². The molecule has 5 nitrogen and oxygen atoms in total. The lowest BCUT2D eigenvalue weighted by Crippen LogP contribution is -2.47. The largest absolute Gasteiger partial charge is 0.314 e. The SMILES string of the molecule is CC(C)(C)S(=O)(=O)NCCN1CCNCC1. The molecule has 0 saturated carbocycles. The van der Waals surface area contributed by atoms with E-state index in [0.29, 0.717) is 6.54 Å². The molecule has 1 heterocycles. The summed E-state index contributed by atoms with van der Waals surface area (Å²) in [6, 6.07) is 0. The van der Waals surface area contributed by atoms with E-state index in [2.05, 4.69) is 14.9 Å². The average molecular weight is 249 g/mol. The van der Waals surface area contributed by atoms with E-state index in [1.165, 1.54) is 0 Å². The lowest BCUT2D eigenvalue weighted by Gasteiger charge is -2.28. The normalized spacial score (nSPS) is 19.9. The predicted molar refractivity (Wildman–Crippen MR) is 66.0 cm³/mol. The second kappa shape index (κ2) is 5.44. The summed E-state index contributed by atoms with van der Waals surface area (Å²) in [6.45, 7) is 10.4. The maximum absolute atomic E-state index is 11.8. The molecule has 1 fully saturated rings. The van der Waals surface area contributed by atoms with Gasteiger partial charge in [0.1, 0.15) is 0 Å². The molecule has 1 saturated heterocycles. The number of hydrogen-bond donors (Lipinski definition) is 2. The monoisotopic (exact) mass is 249 g/mol. The Morgan fingerprint density at radius 2 is 1.81 bits per heavy atom. The number of nitrogens with zero attached hydrogens (tertiary/aromatic N) is 1. The highest BCUT2D eigenvalue weighted by Gasteiger charge is 2.28. The van der Waals surface area contributed by atoms with Crippen molar-refractivity contribution in [2.75, 3.05) is 39.3 Å². The van der Waals surface area contributed by atoms with Crippen molar-refractivity contribution in [3.63, 3.8) is 0 Å². The van der Waals surface area contributed by atoms with Gasteiger partial charge in [0.2, 0.25) is 10.0 Å². The minimum absolute atomic E-state index is 0.500. The highest BCUT2D eigenvalue weighted by atomic mass is 32.2. The van der Waals surface area contributed by atoms with Crippen molar-refractivity contribution in [3.8, 4) is 0 Å². The zero-order valence-corrected chi connectivity index (χ0v) is 11.2. The van der Waals surface area contributed by atoms with Crippen LogP contribution < -0.4 is 10.0 Å². The minimum Gasteiger partial charge on any atom is -0.314 e. The molecular weight excluding hydrogens is 226 g/mol. The van der Waals surface area contributed by atoms with Crippen LogP contribution >= 0.6 is 0 Å². The van der Waals surface area contributed by atoms with E-state index in [4.69, 9.17) is 0 Å². The number of nitrogens with one attached hydrogen (secondary N) is 2. The molecule has 0 radical (unpaired) electrons. The Morgan fingerprint density at radius 3 is 2.31 bits per heavy atom. The summed E-state index contributed by atoms with van der Waals surface area (Å²) in [5, 5.41) is 3.27. The summed E-state index contributed by atoms with van der Waals surface area (Å²) in [7, 11) is -3.19. The lowest BCUT2D eigenvalue weighted by atomic mass is 10.3. The fourth-order valence-corrected chi connectivity index (χ4v) is 2.28. The molecule has 16 heavy (non-hydrogen) atoms. The number of sulfonamides is 1. The maximum atomic E-state index is 11.8. The third kappa shape index (κ3) is 4.01. The van der Waals surface area contributed by atoms with Crippen LogP contribution in [0.3, 0.4) is 0 Å². The highest BCUT2D eigenvalue weighted by molar-refractivity contribution is 7.90. The van der Waals surface area contributed by atoms with Gasteiger partial charge in [-0.25, -0.2) is 13.1 Å². The third-order valence-corrected chi connectivity index (χ3v) is 4.93. The molecule has 6 heteroatoms. The number of rotatable bonds is 4. The predicted octanol–water partition coefficient (Wildman–Crippen LogP) is -0.390. The van der Waals surface area contributed by atoms with E-state index in [1.807, 2.05) is 0 Å². The van der Waals surface area contributed by atoms with Crippen molar-refractivity contribution in [2.45, 2.75) is 25.5 Å². The molecule has 0 aromatic carbocycles. The lowest BCUT2D eigenvalue weighted by molar-refractivity contribution is 0.245. The van der Waals surface area contributed by atoms with E-state index < -0.39 is 14.8 Å². The fourth-order valence-electron chi connectivity index (χ4n) is 1.49. The highest BCUT2D eigenvalue weighted by Crippen LogP contribution is 2.12. The van der Waals surface area contributed by atoms with Crippen molar-refractivity contribution in [3.05, 3.63) is 0 Å². The van der Waals surface area contributed by atoms with Crippen molar-refractivity contribution in [2.24, 2.45) is 0 Å². The molecule has 0 unspecified atom stereocenters. The van der Waals surface area contributed by atoms with Gasteiger partial charge >= 0.3 is 0 Å². The van der Waals surface area contributed by atoms with Crippen molar-refractivity contribution >= 4 is 10.0 Å². The van der Waals surface area contributed by atoms with Gasteiger partial charge in [-0.3, -0.25) is 4.90 Å². The van der Waals surface area contributed by atoms with Crippen molar-refractivity contribution < 1.29 is 8.42 Å². The van der Waals surface area contributed by atoms with Crippen molar-refractivity contribution in [1.82, 2.24) is 14.9 Å². The maximum Gasteiger partial charge on any atom is 0.216 e. The van der Waals surface area contributed by atoms with Gasteiger partial charge in [-0.1, -0.05) is 0 Å². The van der Waals surface area contributed by atoms with Crippen LogP contribution in [-0.2, 0) is 10.0 Å². The van der Waals surface area contributed by atoms with Crippen LogP contribution in [0.25, 0.3) is 0 Å². The molecule has 0 spiro atoms. The average Bonchev–Trinajstić information content (AvgIpc) is 2.17. The standard InChI is InChI=1S/C10H23N3O2S/c1-10(2,3)16(14,15)12-6-9-13-7-4-11-5-8-13/h11-12H,4-9H2,1-3H3. The van der Waals surface area contributed by atoms with Gasteiger partial charge in [0.15, 0.2) is 0 Å². The Hall–Kier alpha value is -0.170. The van der Waals surface area contributed by atoms with Gasteiger partial charge in [0.25, 0.3) is 0 Å². The zero-order valence-electron chi connectivity index (χ0n) is 10.4. The second-order valence-corrected chi connectivity index (χ2v) is 7.62. The molecule has 0 aromatic rings. The molecule has 0 amide bonds. The molecule has 0 aromatic heterocycles. The summed E-state index contributed by atoms with van der Waals surface area (Å²) in [6.07, 6.45) is 0. The van der Waals surface area contributed by atoms with Gasteiger partial charge in [-0.2, -0.15) is 0 Å². The van der Waals surface area contributed by atoms with E-state index in [1.54, 1.807) is 20.8 Å². The van der Waals surface area contributed by atoms with Crippen LogP contribution in [0.15, 0.2) is 0 Å². The Morgan fingerprint density at radius 1 is 1.25 bits per heavy atom. The molecule has 1 rings (SSSR count). The first kappa shape index (κ1) is 13.9. The number of piperazine rings is 1. The Bertz CT molecular complexity index is 303. The Labute approximate surface area is 98.6 Å². The topological polar surface area (TPSA) is 61.4 Å². The van der Waals surface area contributed by atoms with Gasteiger partial charge in [0, 0.05) is 39.3 Å². The minimum atomic E-state index is -3.19. The molecule has 0 bridgehead atoms. The molecule has 96 valence electrons. The molecular formula is C10H23N3O2S. The van der Waals surface area contributed by atoms with Gasteiger partial charge in [-0.05, 0) is 20.8 Å². The first-order valence-electron chi connectivity index (χ1n) is 5.75. The molecule has 1 aliphatic heterocycles. The molecule has 2 N–H and O–H groups in total. The van der Waals surface area contributed by atoms with Crippen LogP contribution in [0.5, 0.6) is 0 Å². The summed E-state index contributed by atoms with van der Waals surface area (Å²) in [4.78, 5) is 2.27. The molecule has 0 aliphatic carbocycles. The van der Waals surface area contributed by atoms with Crippen LogP contribution in [-0.4, -0.2) is 57.3 Å². The van der Waals surface area contributed by atoms with Crippen molar-refractivity contribution in [1.29, 1.82) is 0 Å². The number of hydrogen-bond acceptors (Lipinski definition) is 4. The van der Waals surface area contributed by atoms with Crippen LogP contribution in [0, 0.1) is 0 Å². The summed E-state index contributed by atoms with van der Waals surface area (Å²) >= 11 is 0. The quantitative estimate of drug-likeness (QED) is 0.712. The Kier molecular flexibility index (Phi) is 4.73. The van der Waals surface area contributed by atoms with Crippen LogP contribution in [0.2, 0.25) is 0 Å². The van der Waals surface area contributed by atoms with E-state index in [9.17, 15) is 8.42 Å². The van der Waals surface area contributed by atoms with Gasteiger partial charge in [0.05, 0.1) is 4.75 Å². The molecule has 0 atom stereocenters. The zero-order chi connectivity index (χ0) is 12.2. The van der Waals surface area contributed by atoms with Gasteiger partial charge < -0.3 is 5.32 Å². The van der Waals surface area contributed by atoms with Gasteiger partial charge in [-0.15, -0.1) is 0 Å². The smallest absolute Gasteiger partial charge is 0.216 e. The summed E-state index contributed by atoms with van der Waals surface area (Å²) in [5.41, 5.74) is 0. The van der Waals surface area contributed by atoms with Crippen LogP contribution in [0.1, 0.15) is 20.8 Å².